The highest BCUT2D eigenvalue weighted by Crippen LogP contribution is 2.14. The maximum Gasteiger partial charge on any atom is 0.290 e. The monoisotopic (exact) mass is 400 g/mol. The van der Waals surface area contributed by atoms with Crippen LogP contribution in [0.3, 0.4) is 0 Å². The number of amides is 1. The number of carboxylic acid groups (broad SMARTS) is 1. The molecule has 1 aromatic heterocycles. The Morgan fingerprint density at radius 2 is 1.86 bits per heavy atom. The van der Waals surface area contributed by atoms with Crippen molar-refractivity contribution in [1.29, 1.82) is 0 Å². The summed E-state index contributed by atoms with van der Waals surface area (Å²) in [6.45, 7) is 8.60. The molecule has 7 heteroatoms. The Labute approximate surface area is 173 Å². The molecule has 0 saturated carbocycles. The minimum atomic E-state index is -0.250. The molecule has 1 N–H and O–H groups in total. The van der Waals surface area contributed by atoms with E-state index in [1.165, 1.54) is 11.3 Å². The van der Waals surface area contributed by atoms with Crippen LogP contribution in [0.1, 0.15) is 41.9 Å². The molecule has 0 bridgehead atoms. The summed E-state index contributed by atoms with van der Waals surface area (Å²) in [6, 6.07) is 8.16. The van der Waals surface area contributed by atoms with Crippen molar-refractivity contribution in [2.45, 2.75) is 33.2 Å². The number of rotatable bonds is 5. The van der Waals surface area contributed by atoms with Crippen LogP contribution in [0.15, 0.2) is 36.8 Å². The Morgan fingerprint density at radius 1 is 1.17 bits per heavy atom. The molecule has 1 saturated heterocycles. The quantitative estimate of drug-likeness (QED) is 0.781. The number of carbonyl (C=O) groups is 2. The normalized spacial score (nSPS) is 14.8. The van der Waals surface area contributed by atoms with E-state index < -0.39 is 0 Å². The molecule has 0 aliphatic carbocycles. The van der Waals surface area contributed by atoms with Crippen molar-refractivity contribution in [3.8, 4) is 0 Å². The SMILES string of the molecule is CC(C)Cc1ccc(C(=O)N2CCCN(Cc3cncn3C)CC2)cc1.O=CO. The average molecular weight is 401 g/mol. The highest BCUT2D eigenvalue weighted by atomic mass is 16.3. The smallest absolute Gasteiger partial charge is 0.290 e. The van der Waals surface area contributed by atoms with Crippen molar-refractivity contribution in [1.82, 2.24) is 19.4 Å². The zero-order chi connectivity index (χ0) is 21.2. The summed E-state index contributed by atoms with van der Waals surface area (Å²) in [5, 5.41) is 6.89. The van der Waals surface area contributed by atoms with E-state index in [1.54, 1.807) is 0 Å². The Kier molecular flexibility index (Phi) is 8.86. The lowest BCUT2D eigenvalue weighted by Crippen LogP contribution is -2.35. The summed E-state index contributed by atoms with van der Waals surface area (Å²) < 4.78 is 2.06. The molecule has 0 radical (unpaired) electrons. The van der Waals surface area contributed by atoms with Crippen LogP contribution < -0.4 is 0 Å². The van der Waals surface area contributed by atoms with Gasteiger partial charge in [0.1, 0.15) is 0 Å². The second-order valence-electron chi connectivity index (χ2n) is 7.82. The Balaban J connectivity index is 0.000000941. The average Bonchev–Trinajstić information content (AvgIpc) is 2.94. The first kappa shape index (κ1) is 22.6. The molecule has 2 aromatic rings. The molecule has 0 unspecified atom stereocenters. The lowest BCUT2D eigenvalue weighted by Gasteiger charge is -2.22. The number of imidazole rings is 1. The molecule has 1 aliphatic rings. The third-order valence-electron chi connectivity index (χ3n) is 5.02. The Hall–Kier alpha value is -2.67. The Bertz CT molecular complexity index is 771. The molecule has 0 spiro atoms. The van der Waals surface area contributed by atoms with Gasteiger partial charge in [-0.3, -0.25) is 14.5 Å². The maximum atomic E-state index is 12.9. The van der Waals surface area contributed by atoms with Crippen LogP contribution in [-0.2, 0) is 24.8 Å². The van der Waals surface area contributed by atoms with Gasteiger partial charge in [-0.15, -0.1) is 0 Å². The fourth-order valence-corrected chi connectivity index (χ4v) is 3.54. The maximum absolute atomic E-state index is 12.9. The second-order valence-corrected chi connectivity index (χ2v) is 7.82. The standard InChI is InChI=1S/C21H30N4O.CH2O2/c1-17(2)13-18-5-7-19(8-6-18)21(26)25-10-4-9-24(11-12-25)15-20-14-22-16-23(20)3;2-1-3/h5-8,14,16-17H,4,9-13,15H2,1-3H3;1H,(H,2,3). The van der Waals surface area contributed by atoms with Crippen LogP contribution in [-0.4, -0.2) is 63.0 Å². The largest absolute Gasteiger partial charge is 0.483 e. The number of nitrogens with zero attached hydrogens (tertiary/aromatic N) is 4. The zero-order valence-corrected chi connectivity index (χ0v) is 17.6. The van der Waals surface area contributed by atoms with Gasteiger partial charge in [0.2, 0.25) is 0 Å². The third kappa shape index (κ3) is 7.02. The molecular formula is C22H32N4O3. The summed E-state index contributed by atoms with van der Waals surface area (Å²) in [7, 11) is 2.03. The van der Waals surface area contributed by atoms with Crippen LogP contribution in [0.4, 0.5) is 0 Å². The molecule has 7 nitrogen and oxygen atoms in total. The lowest BCUT2D eigenvalue weighted by atomic mass is 10.0. The number of carbonyl (C=O) groups excluding carboxylic acids is 1. The van der Waals surface area contributed by atoms with Crippen molar-refractivity contribution in [2.75, 3.05) is 26.2 Å². The molecule has 3 rings (SSSR count). The molecule has 1 amide bonds. The van der Waals surface area contributed by atoms with Gasteiger partial charge in [0, 0.05) is 51.5 Å². The van der Waals surface area contributed by atoms with Gasteiger partial charge in [-0.05, 0) is 36.5 Å². The van der Waals surface area contributed by atoms with Crippen molar-refractivity contribution in [3.63, 3.8) is 0 Å². The fourth-order valence-electron chi connectivity index (χ4n) is 3.54. The van der Waals surface area contributed by atoms with Crippen molar-refractivity contribution in [2.24, 2.45) is 13.0 Å². The van der Waals surface area contributed by atoms with Crippen molar-refractivity contribution < 1.29 is 14.7 Å². The molecule has 29 heavy (non-hydrogen) atoms. The molecule has 1 aliphatic heterocycles. The van der Waals surface area contributed by atoms with Gasteiger partial charge in [0.15, 0.2) is 0 Å². The predicted molar refractivity (Wildman–Crippen MR) is 113 cm³/mol. The number of hydrogen-bond donors (Lipinski definition) is 1. The minimum absolute atomic E-state index is 0.156. The van der Waals surface area contributed by atoms with E-state index in [0.29, 0.717) is 5.92 Å². The summed E-state index contributed by atoms with van der Waals surface area (Å²) in [4.78, 5) is 29.8. The first-order valence-electron chi connectivity index (χ1n) is 10.1. The molecule has 158 valence electrons. The first-order valence-corrected chi connectivity index (χ1v) is 10.1. The van der Waals surface area contributed by atoms with Crippen LogP contribution in [0.2, 0.25) is 0 Å². The summed E-state index contributed by atoms with van der Waals surface area (Å²) in [6.07, 6.45) is 5.83. The lowest BCUT2D eigenvalue weighted by molar-refractivity contribution is -0.122. The van der Waals surface area contributed by atoms with Gasteiger partial charge in [0.25, 0.3) is 12.4 Å². The molecular weight excluding hydrogens is 368 g/mol. The fraction of sp³-hybridized carbons (Fsp3) is 0.500. The number of benzene rings is 1. The van der Waals surface area contributed by atoms with Gasteiger partial charge < -0.3 is 14.6 Å². The zero-order valence-electron chi connectivity index (χ0n) is 17.6. The molecule has 2 heterocycles. The summed E-state index contributed by atoms with van der Waals surface area (Å²) in [5.74, 6) is 0.788. The van der Waals surface area contributed by atoms with E-state index in [9.17, 15) is 4.79 Å². The van der Waals surface area contributed by atoms with Gasteiger partial charge >= 0.3 is 0 Å². The van der Waals surface area contributed by atoms with E-state index >= 15 is 0 Å². The second kappa shape index (κ2) is 11.4. The Morgan fingerprint density at radius 3 is 2.45 bits per heavy atom. The van der Waals surface area contributed by atoms with Gasteiger partial charge in [0.05, 0.1) is 12.0 Å². The predicted octanol–water partition coefficient (Wildman–Crippen LogP) is 2.67. The van der Waals surface area contributed by atoms with Crippen LogP contribution in [0.25, 0.3) is 0 Å². The van der Waals surface area contributed by atoms with Crippen LogP contribution in [0.5, 0.6) is 0 Å². The van der Waals surface area contributed by atoms with E-state index in [0.717, 1.165) is 51.1 Å². The van der Waals surface area contributed by atoms with Crippen LogP contribution >= 0.6 is 0 Å². The molecule has 1 aromatic carbocycles. The first-order chi connectivity index (χ1) is 13.9. The highest BCUT2D eigenvalue weighted by Gasteiger charge is 2.20. The minimum Gasteiger partial charge on any atom is -0.483 e. The number of hydrogen-bond acceptors (Lipinski definition) is 4. The summed E-state index contributed by atoms with van der Waals surface area (Å²) in [5.41, 5.74) is 3.32. The van der Waals surface area contributed by atoms with E-state index in [1.807, 2.05) is 36.6 Å². The number of aromatic nitrogens is 2. The highest BCUT2D eigenvalue weighted by molar-refractivity contribution is 5.94. The summed E-state index contributed by atoms with van der Waals surface area (Å²) >= 11 is 0. The molecule has 1 fully saturated rings. The van der Waals surface area contributed by atoms with Crippen LogP contribution in [0, 0.1) is 5.92 Å². The van der Waals surface area contributed by atoms with Crippen molar-refractivity contribution in [3.05, 3.63) is 53.6 Å². The van der Waals surface area contributed by atoms with E-state index in [2.05, 4.69) is 40.4 Å². The van der Waals surface area contributed by atoms with E-state index in [-0.39, 0.29) is 12.4 Å². The van der Waals surface area contributed by atoms with Crippen molar-refractivity contribution >= 4 is 12.4 Å². The topological polar surface area (TPSA) is 78.7 Å². The molecule has 0 atom stereocenters. The van der Waals surface area contributed by atoms with Gasteiger partial charge in [-0.1, -0.05) is 26.0 Å². The van der Waals surface area contributed by atoms with E-state index in [4.69, 9.17) is 9.90 Å². The van der Waals surface area contributed by atoms with Gasteiger partial charge in [-0.2, -0.15) is 0 Å². The van der Waals surface area contributed by atoms with Gasteiger partial charge in [-0.25, -0.2) is 4.98 Å². The number of aryl methyl sites for hydroxylation is 1. The third-order valence-corrected chi connectivity index (χ3v) is 5.02.